The number of nitrogens with one attached hydrogen (secondary N) is 1. The van der Waals surface area contributed by atoms with E-state index in [0.29, 0.717) is 6.42 Å². The zero-order valence-electron chi connectivity index (χ0n) is 9.68. The Kier molecular flexibility index (Phi) is 3.98. The fraction of sp³-hybridized carbons (Fsp3) is 0.308. The summed E-state index contributed by atoms with van der Waals surface area (Å²) in [4.78, 5) is 12.8. The normalized spacial score (nSPS) is 12.3. The van der Waals surface area contributed by atoms with Gasteiger partial charge in [-0.25, -0.2) is 0 Å². The predicted molar refractivity (Wildman–Crippen MR) is 68.0 cm³/mol. The third-order valence-electron chi connectivity index (χ3n) is 2.44. The minimum Gasteiger partial charge on any atom is -0.472 e. The van der Waals surface area contributed by atoms with E-state index in [1.54, 1.807) is 23.9 Å². The molecule has 0 saturated heterocycles. The summed E-state index contributed by atoms with van der Waals surface area (Å²) in [6.45, 7) is 2.00. The highest BCUT2D eigenvalue weighted by Gasteiger charge is 2.09. The van der Waals surface area contributed by atoms with Gasteiger partial charge in [0.25, 0.3) is 0 Å². The Balaban J connectivity index is 1.78. The van der Waals surface area contributed by atoms with Gasteiger partial charge < -0.3 is 9.73 Å². The Bertz CT molecular complexity index is 448. The molecule has 1 N–H and O–H groups in total. The molecular weight excluding hydrogens is 234 g/mol. The van der Waals surface area contributed by atoms with Crippen molar-refractivity contribution in [2.45, 2.75) is 25.8 Å². The molecule has 0 aliphatic rings. The van der Waals surface area contributed by atoms with E-state index in [1.807, 2.05) is 30.5 Å². The van der Waals surface area contributed by atoms with E-state index < -0.39 is 0 Å². The number of furan rings is 1. The fourth-order valence-electron chi connectivity index (χ4n) is 1.71. The summed E-state index contributed by atoms with van der Waals surface area (Å²) in [5.74, 6) is 0.0726. The van der Waals surface area contributed by atoms with Crippen LogP contribution in [0, 0.1) is 0 Å². The van der Waals surface area contributed by atoms with E-state index in [1.165, 1.54) is 0 Å². The molecule has 1 unspecified atom stereocenters. The first kappa shape index (κ1) is 11.9. The highest BCUT2D eigenvalue weighted by Crippen LogP contribution is 2.09. The lowest BCUT2D eigenvalue weighted by molar-refractivity contribution is -0.120. The second kappa shape index (κ2) is 5.68. The van der Waals surface area contributed by atoms with Gasteiger partial charge in [0, 0.05) is 10.9 Å². The maximum Gasteiger partial charge on any atom is 0.225 e. The summed E-state index contributed by atoms with van der Waals surface area (Å²) in [6, 6.07) is 5.98. The molecule has 2 rings (SSSR count). The summed E-state index contributed by atoms with van der Waals surface area (Å²) in [7, 11) is 0. The predicted octanol–water partition coefficient (Wildman–Crippen LogP) is 2.63. The number of thiophene rings is 1. The van der Waals surface area contributed by atoms with Crippen molar-refractivity contribution in [3.05, 3.63) is 46.5 Å². The van der Waals surface area contributed by atoms with Crippen LogP contribution in [-0.2, 0) is 17.6 Å². The van der Waals surface area contributed by atoms with Crippen LogP contribution in [-0.4, -0.2) is 11.9 Å². The minimum atomic E-state index is 0.0726. The van der Waals surface area contributed by atoms with Gasteiger partial charge in [-0.05, 0) is 36.4 Å². The average molecular weight is 249 g/mol. The molecular formula is C13H15NO2S. The summed E-state index contributed by atoms with van der Waals surface area (Å²) < 4.78 is 4.99. The van der Waals surface area contributed by atoms with Crippen LogP contribution in [0.15, 0.2) is 40.5 Å². The van der Waals surface area contributed by atoms with E-state index in [2.05, 4.69) is 5.32 Å². The summed E-state index contributed by atoms with van der Waals surface area (Å²) in [5, 5.41) is 4.97. The summed E-state index contributed by atoms with van der Waals surface area (Å²) in [5.41, 5.74) is 1.11. The third kappa shape index (κ3) is 3.75. The van der Waals surface area contributed by atoms with Crippen LogP contribution in [0.1, 0.15) is 17.4 Å². The standard InChI is InChI=1S/C13H15NO2S/c1-10(7-11-4-5-16-9-11)14-13(15)8-12-3-2-6-17-12/h2-6,9-10H,7-8H2,1H3,(H,14,15). The zero-order valence-corrected chi connectivity index (χ0v) is 10.5. The summed E-state index contributed by atoms with van der Waals surface area (Å²) in [6.07, 6.45) is 4.62. The Morgan fingerprint density at radius 1 is 1.53 bits per heavy atom. The van der Waals surface area contributed by atoms with Gasteiger partial charge >= 0.3 is 0 Å². The topological polar surface area (TPSA) is 42.2 Å². The first-order valence-electron chi connectivity index (χ1n) is 5.57. The number of amides is 1. The van der Waals surface area contributed by atoms with Crippen LogP contribution in [0.4, 0.5) is 0 Å². The van der Waals surface area contributed by atoms with Gasteiger partial charge in [-0.15, -0.1) is 11.3 Å². The Morgan fingerprint density at radius 3 is 3.06 bits per heavy atom. The molecule has 4 heteroatoms. The van der Waals surface area contributed by atoms with Crippen LogP contribution in [0.2, 0.25) is 0 Å². The molecule has 0 aromatic carbocycles. The molecule has 2 aromatic rings. The van der Waals surface area contributed by atoms with Crippen molar-refractivity contribution in [2.75, 3.05) is 0 Å². The van der Waals surface area contributed by atoms with Crippen LogP contribution in [0.25, 0.3) is 0 Å². The van der Waals surface area contributed by atoms with Crippen molar-refractivity contribution in [3.63, 3.8) is 0 Å². The van der Waals surface area contributed by atoms with Crippen LogP contribution < -0.4 is 5.32 Å². The third-order valence-corrected chi connectivity index (χ3v) is 3.32. The van der Waals surface area contributed by atoms with Crippen molar-refractivity contribution in [1.82, 2.24) is 5.32 Å². The molecule has 3 nitrogen and oxygen atoms in total. The summed E-state index contributed by atoms with van der Waals surface area (Å²) >= 11 is 1.61. The largest absolute Gasteiger partial charge is 0.472 e. The van der Waals surface area contributed by atoms with Crippen molar-refractivity contribution >= 4 is 17.2 Å². The minimum absolute atomic E-state index is 0.0726. The van der Waals surface area contributed by atoms with Crippen LogP contribution in [0.3, 0.4) is 0 Å². The molecule has 2 heterocycles. The van der Waals surface area contributed by atoms with Crippen molar-refractivity contribution < 1.29 is 9.21 Å². The van der Waals surface area contributed by atoms with Gasteiger partial charge in [-0.3, -0.25) is 4.79 Å². The lowest BCUT2D eigenvalue weighted by Crippen LogP contribution is -2.34. The SMILES string of the molecule is CC(Cc1ccoc1)NC(=O)Cc1cccs1. The molecule has 0 spiro atoms. The van der Waals surface area contributed by atoms with Gasteiger partial charge in [-0.1, -0.05) is 6.07 Å². The first-order chi connectivity index (χ1) is 8.24. The van der Waals surface area contributed by atoms with Gasteiger partial charge in [0.2, 0.25) is 5.91 Å². The zero-order chi connectivity index (χ0) is 12.1. The fourth-order valence-corrected chi connectivity index (χ4v) is 2.41. The van der Waals surface area contributed by atoms with Gasteiger partial charge in [0.1, 0.15) is 0 Å². The van der Waals surface area contributed by atoms with Crippen LogP contribution >= 0.6 is 11.3 Å². The molecule has 1 amide bonds. The molecule has 0 bridgehead atoms. The van der Waals surface area contributed by atoms with Gasteiger partial charge in [0.15, 0.2) is 0 Å². The Labute approximate surface area is 104 Å². The number of hydrogen-bond acceptors (Lipinski definition) is 3. The van der Waals surface area contributed by atoms with E-state index in [0.717, 1.165) is 16.9 Å². The highest BCUT2D eigenvalue weighted by atomic mass is 32.1. The molecule has 0 fully saturated rings. The molecule has 2 aromatic heterocycles. The smallest absolute Gasteiger partial charge is 0.225 e. The van der Waals surface area contributed by atoms with Crippen molar-refractivity contribution in [2.24, 2.45) is 0 Å². The number of rotatable bonds is 5. The van der Waals surface area contributed by atoms with E-state index in [-0.39, 0.29) is 11.9 Å². The van der Waals surface area contributed by atoms with E-state index in [9.17, 15) is 4.79 Å². The quantitative estimate of drug-likeness (QED) is 0.885. The lowest BCUT2D eigenvalue weighted by atomic mass is 10.1. The molecule has 0 saturated carbocycles. The molecule has 90 valence electrons. The average Bonchev–Trinajstić information content (AvgIpc) is 2.90. The van der Waals surface area contributed by atoms with E-state index in [4.69, 9.17) is 4.42 Å². The lowest BCUT2D eigenvalue weighted by Gasteiger charge is -2.12. The number of carbonyl (C=O) groups is 1. The second-order valence-corrected chi connectivity index (χ2v) is 5.09. The molecule has 0 radical (unpaired) electrons. The van der Waals surface area contributed by atoms with Crippen molar-refractivity contribution in [1.29, 1.82) is 0 Å². The molecule has 1 atom stereocenters. The monoisotopic (exact) mass is 249 g/mol. The van der Waals surface area contributed by atoms with Crippen LogP contribution in [0.5, 0.6) is 0 Å². The van der Waals surface area contributed by atoms with Gasteiger partial charge in [-0.2, -0.15) is 0 Å². The van der Waals surface area contributed by atoms with Crippen molar-refractivity contribution in [3.8, 4) is 0 Å². The number of hydrogen-bond donors (Lipinski definition) is 1. The Hall–Kier alpha value is -1.55. The highest BCUT2D eigenvalue weighted by molar-refractivity contribution is 7.10. The maximum atomic E-state index is 11.7. The molecule has 17 heavy (non-hydrogen) atoms. The number of carbonyl (C=O) groups excluding carboxylic acids is 1. The van der Waals surface area contributed by atoms with Gasteiger partial charge in [0.05, 0.1) is 18.9 Å². The molecule has 0 aliphatic carbocycles. The second-order valence-electron chi connectivity index (χ2n) is 4.06. The maximum absolute atomic E-state index is 11.7. The van der Waals surface area contributed by atoms with E-state index >= 15 is 0 Å². The first-order valence-corrected chi connectivity index (χ1v) is 6.45. The molecule has 0 aliphatic heterocycles. The Morgan fingerprint density at radius 2 is 2.41 bits per heavy atom.